The van der Waals surface area contributed by atoms with Crippen molar-refractivity contribution in [1.29, 1.82) is 0 Å². The molecule has 36 heavy (non-hydrogen) atoms. The van der Waals surface area contributed by atoms with Crippen molar-refractivity contribution in [3.63, 3.8) is 0 Å². The number of hydrogen-bond donors (Lipinski definition) is 0. The second-order valence-electron chi connectivity index (χ2n) is 6.40. The Bertz CT molecular complexity index is 783. The molecule has 2 rings (SSSR count). The van der Waals surface area contributed by atoms with E-state index < -0.39 is 30.7 Å². The van der Waals surface area contributed by atoms with Crippen LogP contribution in [0.5, 0.6) is 0 Å². The molecule has 3 nitrogen and oxygen atoms in total. The van der Waals surface area contributed by atoms with Crippen LogP contribution in [0, 0.1) is 6.07 Å². The van der Waals surface area contributed by atoms with Crippen LogP contribution in [0.3, 0.4) is 0 Å². The third-order valence-corrected chi connectivity index (χ3v) is 3.71. The molecule has 0 heterocycles. The molecule has 1 radical (unpaired) electrons. The van der Waals surface area contributed by atoms with Gasteiger partial charge in [0.25, 0.3) is 6.10 Å². The minimum Gasteiger partial charge on any atom is -0.184 e. The van der Waals surface area contributed by atoms with Crippen molar-refractivity contribution < 1.29 is 76.4 Å². The number of hydrogen-bond acceptors (Lipinski definition) is 3. The van der Waals surface area contributed by atoms with Crippen molar-refractivity contribution in [3.8, 4) is 0 Å². The maximum atomic E-state index is 11.9. The average molecular weight is 724 g/mol. The Morgan fingerprint density at radius 3 is 1.64 bits per heavy atom. The van der Waals surface area contributed by atoms with Crippen LogP contribution in [0.1, 0.15) is 25.3 Å². The van der Waals surface area contributed by atoms with E-state index in [4.69, 9.17) is 0 Å². The van der Waals surface area contributed by atoms with Gasteiger partial charge in [-0.3, -0.25) is 0 Å². The molecule has 2 aromatic rings. The van der Waals surface area contributed by atoms with Gasteiger partial charge in [0, 0.05) is 19.5 Å². The largest absolute Gasteiger partial charge is 0.184 e. The third-order valence-electron chi connectivity index (χ3n) is 3.71. The van der Waals surface area contributed by atoms with Crippen molar-refractivity contribution in [2.75, 3.05) is 0 Å². The summed E-state index contributed by atoms with van der Waals surface area (Å²) in [6, 6.07) is 22.9. The SMILES string of the molecule is C=C[C@@H](C)c1ccccc1.C=C[C@H](C)OC(=O)OC(C(F)(F)F)C(F)(F)F.[Rh].[Zn+][Br].[c-]1ccccc1. The van der Waals surface area contributed by atoms with Gasteiger partial charge in [0.1, 0.15) is 6.10 Å². The first-order valence-corrected chi connectivity index (χ1v) is 16.8. The average Bonchev–Trinajstić information content (AvgIpc) is 2.84. The van der Waals surface area contributed by atoms with Gasteiger partial charge in [-0.25, -0.2) is 4.79 Å². The van der Waals surface area contributed by atoms with Gasteiger partial charge in [-0.05, 0) is 18.4 Å². The van der Waals surface area contributed by atoms with Crippen LogP contribution >= 0.6 is 13.6 Å². The number of ether oxygens (including phenoxy) is 2. The maximum Gasteiger partial charge on any atom is -0.171 e. The normalized spacial score (nSPS) is 11.8. The Balaban J connectivity index is -0.000000481. The molecule has 0 amide bonds. The second-order valence-corrected chi connectivity index (χ2v) is 6.40. The van der Waals surface area contributed by atoms with Gasteiger partial charge in [-0.1, -0.05) is 56.0 Å². The molecule has 0 aliphatic heterocycles. The second kappa shape index (κ2) is 21.6. The quantitative estimate of drug-likeness (QED) is 0.102. The van der Waals surface area contributed by atoms with E-state index in [1.165, 1.54) is 28.8 Å². The minimum absolute atomic E-state index is 0. The molecule has 0 aliphatic rings. The Morgan fingerprint density at radius 2 is 1.33 bits per heavy atom. The van der Waals surface area contributed by atoms with Gasteiger partial charge in [-0.15, -0.1) is 6.58 Å². The van der Waals surface area contributed by atoms with E-state index in [2.05, 4.69) is 73.5 Å². The molecular weight excluding hydrogens is 698 g/mol. The van der Waals surface area contributed by atoms with E-state index in [9.17, 15) is 31.1 Å². The molecule has 0 aromatic heterocycles. The summed E-state index contributed by atoms with van der Waals surface area (Å²) in [4.78, 5) is 10.6. The predicted molar refractivity (Wildman–Crippen MR) is 122 cm³/mol. The van der Waals surface area contributed by atoms with Crippen LogP contribution < -0.4 is 0 Å². The summed E-state index contributed by atoms with van der Waals surface area (Å²) in [5, 5.41) is 0. The molecule has 199 valence electrons. The van der Waals surface area contributed by atoms with E-state index in [1.807, 2.05) is 42.5 Å². The fourth-order valence-electron chi connectivity index (χ4n) is 1.88. The molecule has 0 saturated heterocycles. The van der Waals surface area contributed by atoms with Crippen LogP contribution in [-0.4, -0.2) is 30.7 Å². The van der Waals surface area contributed by atoms with Crippen molar-refractivity contribution in [2.45, 2.75) is 44.3 Å². The molecule has 0 N–H and O–H groups in total. The summed E-state index contributed by atoms with van der Waals surface area (Å²) < 4.78 is 78.8. The number of carbonyl (C=O) groups is 1. The standard InChI is InChI=1S/C10H12.C8H8F6O3.C6H5.BrH.Rh.Zn/c1-3-9(2)10-7-5-4-6-8-10;1-3-4(2)16-6(15)17-5(7(9,10)11)8(12,13)14;1-2-4-6-5-3-1;;;/h3-9H,1H2,2H3;3-5H,1H2,2H3;1-5H;1H;;/q;;-1;;;+2/p-1/t9-;4-;;;;/m10..../s1. The number of alkyl halides is 6. The van der Waals surface area contributed by atoms with Gasteiger partial charge in [0.15, 0.2) is 0 Å². The van der Waals surface area contributed by atoms with E-state index in [1.54, 1.807) is 0 Å². The van der Waals surface area contributed by atoms with Crippen LogP contribution in [-0.2, 0) is 45.3 Å². The van der Waals surface area contributed by atoms with E-state index in [-0.39, 0.29) is 19.5 Å². The third kappa shape index (κ3) is 19.7. The van der Waals surface area contributed by atoms with Crippen molar-refractivity contribution in [2.24, 2.45) is 0 Å². The van der Waals surface area contributed by atoms with Crippen LogP contribution in [0.4, 0.5) is 31.1 Å². The van der Waals surface area contributed by atoms with Crippen molar-refractivity contribution in [3.05, 3.63) is 97.6 Å². The van der Waals surface area contributed by atoms with Gasteiger partial charge in [0.05, 0.1) is 0 Å². The zero-order valence-corrected chi connectivity index (χ0v) is 25.7. The molecule has 0 fully saturated rings. The zero-order valence-electron chi connectivity index (χ0n) is 19.5. The number of halogens is 7. The monoisotopic (exact) mass is 721 g/mol. The van der Waals surface area contributed by atoms with E-state index >= 15 is 0 Å². The topological polar surface area (TPSA) is 35.5 Å². The predicted octanol–water partition coefficient (Wildman–Crippen LogP) is 8.51. The summed E-state index contributed by atoms with van der Waals surface area (Å²) >= 11 is 4.25. The number of rotatable bonds is 5. The van der Waals surface area contributed by atoms with Gasteiger partial charge < -0.3 is 9.47 Å². The van der Waals surface area contributed by atoms with Crippen LogP contribution in [0.2, 0.25) is 0 Å². The first-order valence-electron chi connectivity index (χ1n) is 9.81. The number of carbonyl (C=O) groups excluding carboxylic acids is 1. The first kappa shape index (κ1) is 39.0. The molecule has 0 saturated carbocycles. The van der Waals surface area contributed by atoms with Gasteiger partial charge >= 0.3 is 48.5 Å². The molecule has 0 unspecified atom stereocenters. The minimum atomic E-state index is -5.76. The van der Waals surface area contributed by atoms with Crippen LogP contribution in [0.15, 0.2) is 86.0 Å². The van der Waals surface area contributed by atoms with Crippen molar-refractivity contribution >= 4 is 19.8 Å². The fraction of sp³-hybridized carbons (Fsp3) is 0.292. The molecule has 0 bridgehead atoms. The molecule has 0 aliphatic carbocycles. The number of benzene rings is 2. The summed E-state index contributed by atoms with van der Waals surface area (Å²) in [6.07, 6.45) is -15.9. The summed E-state index contributed by atoms with van der Waals surface area (Å²) in [7, 11) is 0. The molecule has 2 atom stereocenters. The zero-order chi connectivity index (χ0) is 27.5. The van der Waals surface area contributed by atoms with Crippen LogP contribution in [0.25, 0.3) is 0 Å². The molecule has 2 aromatic carbocycles. The number of allylic oxidation sites excluding steroid dienone is 1. The fourth-order valence-corrected chi connectivity index (χ4v) is 1.88. The smallest absolute Gasteiger partial charge is 0.171 e. The maximum absolute atomic E-state index is 11.9. The molecule has 12 heteroatoms. The summed E-state index contributed by atoms with van der Waals surface area (Å²) in [6.45, 7) is 10.2. The molecule has 0 spiro atoms. The summed E-state index contributed by atoms with van der Waals surface area (Å²) in [5.41, 5.74) is 1.33. The van der Waals surface area contributed by atoms with Gasteiger partial charge in [0.2, 0.25) is 0 Å². The Kier molecular flexibility index (Phi) is 23.4. The Labute approximate surface area is 237 Å². The first-order chi connectivity index (χ1) is 16.3. The Hall–Kier alpha value is -1.50. The van der Waals surface area contributed by atoms with E-state index in [0.29, 0.717) is 5.92 Å². The van der Waals surface area contributed by atoms with E-state index in [0.717, 1.165) is 6.08 Å². The Morgan fingerprint density at radius 1 is 0.889 bits per heavy atom. The van der Waals surface area contributed by atoms with Gasteiger partial charge in [-0.2, -0.15) is 62.7 Å². The summed E-state index contributed by atoms with van der Waals surface area (Å²) in [5.74, 6) is 0.473. The van der Waals surface area contributed by atoms with Crippen molar-refractivity contribution in [1.82, 2.24) is 0 Å². The molecular formula is C24H25BrF6O3RhZn.